The Bertz CT molecular complexity index is 1220. The highest BCUT2D eigenvalue weighted by Crippen LogP contribution is 2.43. The van der Waals surface area contributed by atoms with Gasteiger partial charge in [-0.1, -0.05) is 72.5 Å². The van der Waals surface area contributed by atoms with Gasteiger partial charge in [-0.25, -0.2) is 0 Å². The van der Waals surface area contributed by atoms with Crippen LogP contribution in [0.4, 0.5) is 0 Å². The molecule has 0 saturated heterocycles. The first-order valence-corrected chi connectivity index (χ1v) is 10.4. The van der Waals surface area contributed by atoms with Gasteiger partial charge in [-0.2, -0.15) is 0 Å². The first-order chi connectivity index (χ1) is 14.8. The van der Waals surface area contributed by atoms with Gasteiger partial charge >= 0.3 is 0 Å². The molecule has 0 saturated carbocycles. The van der Waals surface area contributed by atoms with Crippen LogP contribution in [0, 0.1) is 23.7 Å². The molecule has 0 bridgehead atoms. The highest BCUT2D eigenvalue weighted by Gasteiger charge is 2.28. The van der Waals surface area contributed by atoms with Crippen molar-refractivity contribution in [3.63, 3.8) is 0 Å². The zero-order chi connectivity index (χ0) is 20.5. The third-order valence-corrected chi connectivity index (χ3v) is 5.95. The van der Waals surface area contributed by atoms with Gasteiger partial charge < -0.3 is 0 Å². The standard InChI is InChI=1S/C30H22/c1-3-11-25-27-17-23(21-13-7-5-8-14-21)19-29(27)26(12-4-2)30-20-24(18-28(25)30)22-15-9-6-10-16-22/h5-10,13-17,20H,18-19H2,1-2H3. The predicted molar refractivity (Wildman–Crippen MR) is 128 cm³/mol. The highest BCUT2D eigenvalue weighted by atomic mass is 14.3. The lowest BCUT2D eigenvalue weighted by atomic mass is 9.88. The summed E-state index contributed by atoms with van der Waals surface area (Å²) in [5.41, 5.74) is 12.8. The number of hydrogen-bond acceptors (Lipinski definition) is 0. The quantitative estimate of drug-likeness (QED) is 0.437. The van der Waals surface area contributed by atoms with Gasteiger partial charge in [0.2, 0.25) is 0 Å². The van der Waals surface area contributed by atoms with Crippen LogP contribution in [0.5, 0.6) is 0 Å². The molecule has 5 rings (SSSR count). The molecule has 0 radical (unpaired) electrons. The van der Waals surface area contributed by atoms with Gasteiger partial charge in [0.05, 0.1) is 0 Å². The van der Waals surface area contributed by atoms with Gasteiger partial charge in [0.15, 0.2) is 0 Å². The largest absolute Gasteiger partial charge is 0.101 e. The number of rotatable bonds is 2. The minimum atomic E-state index is 0.906. The maximum atomic E-state index is 3.45. The monoisotopic (exact) mass is 382 g/mol. The van der Waals surface area contributed by atoms with Gasteiger partial charge in [0.1, 0.15) is 0 Å². The lowest BCUT2D eigenvalue weighted by Crippen LogP contribution is -2.02. The van der Waals surface area contributed by atoms with Crippen LogP contribution in [-0.2, 0) is 12.8 Å². The zero-order valence-electron chi connectivity index (χ0n) is 17.3. The SMILES string of the molecule is CC#Cc1c2c(c(C#CC)c3c1CC(c1ccccc1)=C3)CC(c1ccccc1)=C2. The molecule has 0 spiro atoms. The lowest BCUT2D eigenvalue weighted by molar-refractivity contribution is 1.23. The van der Waals surface area contributed by atoms with Crippen LogP contribution in [0.1, 0.15) is 58.4 Å². The van der Waals surface area contributed by atoms with Gasteiger partial charge in [-0.15, -0.1) is 11.8 Å². The predicted octanol–water partition coefficient (Wildman–Crippen LogP) is 6.62. The molecule has 0 nitrogen and oxygen atoms in total. The Morgan fingerprint density at radius 1 is 0.567 bits per heavy atom. The van der Waals surface area contributed by atoms with Crippen LogP contribution in [0.2, 0.25) is 0 Å². The van der Waals surface area contributed by atoms with Crippen molar-refractivity contribution in [1.29, 1.82) is 0 Å². The van der Waals surface area contributed by atoms with Crippen molar-refractivity contribution >= 4 is 23.3 Å². The summed E-state index contributed by atoms with van der Waals surface area (Å²) in [5.74, 6) is 13.2. The van der Waals surface area contributed by atoms with Crippen molar-refractivity contribution in [3.8, 4) is 23.7 Å². The van der Waals surface area contributed by atoms with E-state index in [2.05, 4.69) is 96.5 Å². The number of benzene rings is 3. The molecule has 0 aromatic heterocycles. The van der Waals surface area contributed by atoms with Crippen LogP contribution in [-0.4, -0.2) is 0 Å². The van der Waals surface area contributed by atoms with Gasteiger partial charge in [0, 0.05) is 11.1 Å². The van der Waals surface area contributed by atoms with Crippen LogP contribution in [0.25, 0.3) is 23.3 Å². The van der Waals surface area contributed by atoms with E-state index in [1.807, 2.05) is 13.8 Å². The van der Waals surface area contributed by atoms with E-state index in [-0.39, 0.29) is 0 Å². The molecule has 30 heavy (non-hydrogen) atoms. The number of hydrogen-bond donors (Lipinski definition) is 0. The molecule has 0 N–H and O–H groups in total. The topological polar surface area (TPSA) is 0 Å². The summed E-state index contributed by atoms with van der Waals surface area (Å²) < 4.78 is 0. The Morgan fingerprint density at radius 2 is 0.967 bits per heavy atom. The smallest absolute Gasteiger partial charge is 0.0362 e. The second-order valence-electron chi connectivity index (χ2n) is 7.71. The van der Waals surface area contributed by atoms with E-state index in [9.17, 15) is 0 Å². The summed E-state index contributed by atoms with van der Waals surface area (Å²) >= 11 is 0. The molecule has 0 heterocycles. The average molecular weight is 383 g/mol. The summed E-state index contributed by atoms with van der Waals surface area (Å²) in [6, 6.07) is 21.3. The van der Waals surface area contributed by atoms with E-state index >= 15 is 0 Å². The Kier molecular flexibility index (Phi) is 4.63. The molecule has 0 atom stereocenters. The molecular weight excluding hydrogens is 360 g/mol. The molecule has 0 aliphatic heterocycles. The molecule has 142 valence electrons. The molecule has 2 aliphatic rings. The van der Waals surface area contributed by atoms with Gasteiger partial charge in [-0.3, -0.25) is 0 Å². The first-order valence-electron chi connectivity index (χ1n) is 10.4. The fourth-order valence-corrected chi connectivity index (χ4v) is 4.62. The molecule has 3 aromatic rings. The van der Waals surface area contributed by atoms with E-state index in [4.69, 9.17) is 0 Å². The molecular formula is C30H22. The van der Waals surface area contributed by atoms with E-state index < -0.39 is 0 Å². The van der Waals surface area contributed by atoms with Crippen LogP contribution < -0.4 is 0 Å². The van der Waals surface area contributed by atoms with Crippen molar-refractivity contribution in [1.82, 2.24) is 0 Å². The lowest BCUT2D eigenvalue weighted by Gasteiger charge is -2.13. The second-order valence-corrected chi connectivity index (χ2v) is 7.71. The highest BCUT2D eigenvalue weighted by molar-refractivity contribution is 5.98. The van der Waals surface area contributed by atoms with Crippen LogP contribution >= 0.6 is 0 Å². The first kappa shape index (κ1) is 18.3. The van der Waals surface area contributed by atoms with Crippen molar-refractivity contribution in [3.05, 3.63) is 105 Å². The fraction of sp³-hybridized carbons (Fsp3) is 0.133. The Balaban J connectivity index is 1.71. The number of allylic oxidation sites excluding steroid dienone is 2. The van der Waals surface area contributed by atoms with Crippen LogP contribution in [0.15, 0.2) is 60.7 Å². The molecule has 3 aromatic carbocycles. The molecule has 0 amide bonds. The van der Waals surface area contributed by atoms with E-state index in [0.717, 1.165) is 12.8 Å². The molecule has 0 heteroatoms. The molecule has 0 unspecified atom stereocenters. The molecule has 0 fully saturated rings. The van der Waals surface area contributed by atoms with Crippen LogP contribution in [0.3, 0.4) is 0 Å². The third kappa shape index (κ3) is 2.99. The Hall–Kier alpha value is -3.74. The third-order valence-electron chi connectivity index (χ3n) is 5.95. The summed E-state index contributed by atoms with van der Waals surface area (Å²) in [5, 5.41) is 0. The average Bonchev–Trinajstić information content (AvgIpc) is 3.43. The minimum Gasteiger partial charge on any atom is -0.101 e. The fourth-order valence-electron chi connectivity index (χ4n) is 4.62. The van der Waals surface area contributed by atoms with Crippen molar-refractivity contribution in [2.45, 2.75) is 26.7 Å². The number of fused-ring (bicyclic) bond motifs is 2. The Morgan fingerprint density at radius 3 is 1.33 bits per heavy atom. The summed E-state index contributed by atoms with van der Waals surface area (Å²) in [4.78, 5) is 0. The van der Waals surface area contributed by atoms with Gasteiger partial charge in [0.25, 0.3) is 0 Å². The summed E-state index contributed by atoms with van der Waals surface area (Å²) in [6.45, 7) is 3.85. The Labute approximate surface area is 179 Å². The maximum Gasteiger partial charge on any atom is 0.0362 e. The van der Waals surface area contributed by atoms with E-state index in [0.29, 0.717) is 0 Å². The zero-order valence-corrected chi connectivity index (χ0v) is 17.3. The summed E-state index contributed by atoms with van der Waals surface area (Å²) in [6.07, 6.45) is 6.49. The summed E-state index contributed by atoms with van der Waals surface area (Å²) in [7, 11) is 0. The maximum absolute atomic E-state index is 3.45. The van der Waals surface area contributed by atoms with Gasteiger partial charge in [-0.05, 0) is 83.4 Å². The molecule has 2 aliphatic carbocycles. The van der Waals surface area contributed by atoms with Crippen molar-refractivity contribution in [2.75, 3.05) is 0 Å². The normalized spacial score (nSPS) is 13.3. The minimum absolute atomic E-state index is 0.906. The second kappa shape index (κ2) is 7.59. The van der Waals surface area contributed by atoms with Crippen molar-refractivity contribution in [2.24, 2.45) is 0 Å². The van der Waals surface area contributed by atoms with E-state index in [1.165, 1.54) is 55.7 Å². The van der Waals surface area contributed by atoms with Crippen molar-refractivity contribution < 1.29 is 0 Å². The van der Waals surface area contributed by atoms with E-state index in [1.54, 1.807) is 0 Å².